The molecule has 1 fully saturated rings. The van der Waals surface area contributed by atoms with Crippen LogP contribution in [0.2, 0.25) is 0 Å². The van der Waals surface area contributed by atoms with Gasteiger partial charge in [0, 0.05) is 31.7 Å². The van der Waals surface area contributed by atoms with Gasteiger partial charge in [-0.1, -0.05) is 12.1 Å². The Kier molecular flexibility index (Phi) is 5.47. The van der Waals surface area contributed by atoms with E-state index in [9.17, 15) is 9.59 Å². The minimum Gasteiger partial charge on any atom is -0.376 e. The number of carbonyl (C=O) groups is 1. The number of pyridine rings is 3. The molecule has 1 amide bonds. The van der Waals surface area contributed by atoms with E-state index in [1.165, 1.54) is 10.5 Å². The van der Waals surface area contributed by atoms with Crippen LogP contribution in [0.1, 0.15) is 34.3 Å². The third kappa shape index (κ3) is 3.91. The SMILES string of the molecule is Cc1cccn2c(=O)c3cc(C(=O)NC[C@H]4CCCO4)c(=N)n(Cc4cccnc4)c3nc12. The average molecular weight is 444 g/mol. The Morgan fingerprint density at radius 3 is 2.94 bits per heavy atom. The number of ether oxygens (including phenoxy) is 1. The summed E-state index contributed by atoms with van der Waals surface area (Å²) in [5, 5.41) is 12.0. The molecule has 1 atom stereocenters. The Balaban J connectivity index is 1.69. The van der Waals surface area contributed by atoms with Gasteiger partial charge in [-0.25, -0.2) is 4.98 Å². The van der Waals surface area contributed by atoms with Gasteiger partial charge in [-0.2, -0.15) is 0 Å². The number of rotatable bonds is 5. The minimum absolute atomic E-state index is 0.0129. The van der Waals surface area contributed by atoms with Crippen LogP contribution in [0.3, 0.4) is 0 Å². The molecule has 1 aliphatic rings. The van der Waals surface area contributed by atoms with Crippen molar-refractivity contribution in [3.8, 4) is 0 Å². The molecule has 1 aliphatic heterocycles. The molecule has 1 saturated heterocycles. The van der Waals surface area contributed by atoms with Crippen molar-refractivity contribution in [3.05, 3.63) is 81.5 Å². The van der Waals surface area contributed by atoms with Crippen LogP contribution in [0.25, 0.3) is 16.7 Å². The zero-order valence-corrected chi connectivity index (χ0v) is 18.2. The molecule has 5 rings (SSSR count). The molecule has 0 aliphatic carbocycles. The largest absolute Gasteiger partial charge is 0.376 e. The number of fused-ring (bicyclic) bond motifs is 2. The maximum atomic E-state index is 13.4. The van der Waals surface area contributed by atoms with Crippen LogP contribution < -0.4 is 16.4 Å². The molecule has 168 valence electrons. The van der Waals surface area contributed by atoms with Gasteiger partial charge in [0.25, 0.3) is 11.5 Å². The highest BCUT2D eigenvalue weighted by molar-refractivity contribution is 5.96. The van der Waals surface area contributed by atoms with Crippen LogP contribution in [0, 0.1) is 12.3 Å². The molecule has 9 nitrogen and oxygen atoms in total. The number of aromatic nitrogens is 4. The van der Waals surface area contributed by atoms with Crippen molar-refractivity contribution >= 4 is 22.6 Å². The maximum Gasteiger partial charge on any atom is 0.267 e. The number of carbonyl (C=O) groups excluding carboxylic acids is 1. The zero-order chi connectivity index (χ0) is 22.9. The third-order valence-corrected chi connectivity index (χ3v) is 5.96. The molecular weight excluding hydrogens is 420 g/mol. The van der Waals surface area contributed by atoms with E-state index in [0.29, 0.717) is 24.4 Å². The van der Waals surface area contributed by atoms with Crippen molar-refractivity contribution in [3.63, 3.8) is 0 Å². The fourth-order valence-electron chi connectivity index (χ4n) is 4.20. The first-order valence-electron chi connectivity index (χ1n) is 10.9. The second-order valence-corrected chi connectivity index (χ2v) is 8.24. The molecule has 33 heavy (non-hydrogen) atoms. The number of nitrogens with zero attached hydrogens (tertiary/aromatic N) is 4. The van der Waals surface area contributed by atoms with E-state index in [-0.39, 0.29) is 34.6 Å². The van der Waals surface area contributed by atoms with Crippen LogP contribution in [0.15, 0.2) is 53.7 Å². The predicted molar refractivity (Wildman–Crippen MR) is 122 cm³/mol. The number of aryl methyl sites for hydroxylation is 1. The summed E-state index contributed by atoms with van der Waals surface area (Å²) >= 11 is 0. The standard InChI is InChI=1S/C24H24N6O3/c1-15-5-3-9-29-21(15)28-22-19(24(29)32)11-18(23(31)27-13-17-7-4-10-33-17)20(25)30(22)14-16-6-2-8-26-12-16/h2-3,5-6,8-9,11-12,17,25H,4,7,10,13-14H2,1H3,(H,27,31)/t17-/m1/s1. The number of amides is 1. The summed E-state index contributed by atoms with van der Waals surface area (Å²) in [6, 6.07) is 8.84. The normalized spacial score (nSPS) is 15.8. The molecule has 2 N–H and O–H groups in total. The van der Waals surface area contributed by atoms with E-state index in [0.717, 1.165) is 24.0 Å². The van der Waals surface area contributed by atoms with Gasteiger partial charge < -0.3 is 14.6 Å². The Labute approximate surface area is 189 Å². The summed E-state index contributed by atoms with van der Waals surface area (Å²) in [7, 11) is 0. The highest BCUT2D eigenvalue weighted by atomic mass is 16.5. The van der Waals surface area contributed by atoms with Gasteiger partial charge in [-0.05, 0) is 49.1 Å². The first-order valence-corrected chi connectivity index (χ1v) is 10.9. The maximum absolute atomic E-state index is 13.4. The molecule has 0 spiro atoms. The average Bonchev–Trinajstić information content (AvgIpc) is 3.35. The summed E-state index contributed by atoms with van der Waals surface area (Å²) in [6.45, 7) is 3.20. The third-order valence-electron chi connectivity index (χ3n) is 5.96. The van der Waals surface area contributed by atoms with Gasteiger partial charge in [0.15, 0.2) is 0 Å². The van der Waals surface area contributed by atoms with Crippen LogP contribution in [0.5, 0.6) is 0 Å². The number of hydrogen-bond donors (Lipinski definition) is 2. The van der Waals surface area contributed by atoms with Crippen molar-refractivity contribution in [1.82, 2.24) is 24.3 Å². The van der Waals surface area contributed by atoms with E-state index in [1.54, 1.807) is 29.2 Å². The van der Waals surface area contributed by atoms with Crippen LogP contribution in [-0.4, -0.2) is 44.1 Å². The summed E-state index contributed by atoms with van der Waals surface area (Å²) in [5.74, 6) is -0.411. The second-order valence-electron chi connectivity index (χ2n) is 8.24. The van der Waals surface area contributed by atoms with Crippen molar-refractivity contribution in [2.24, 2.45) is 0 Å². The molecule has 5 heterocycles. The van der Waals surface area contributed by atoms with E-state index >= 15 is 0 Å². The lowest BCUT2D eigenvalue weighted by Gasteiger charge is -2.16. The van der Waals surface area contributed by atoms with E-state index in [2.05, 4.69) is 10.3 Å². The fraction of sp³-hybridized carbons (Fsp3) is 0.292. The molecule has 0 saturated carbocycles. The molecule has 0 bridgehead atoms. The minimum atomic E-state index is -0.411. The van der Waals surface area contributed by atoms with Gasteiger partial charge in [-0.3, -0.25) is 24.4 Å². The van der Waals surface area contributed by atoms with Crippen LogP contribution in [-0.2, 0) is 11.3 Å². The van der Waals surface area contributed by atoms with Crippen molar-refractivity contribution in [1.29, 1.82) is 5.41 Å². The van der Waals surface area contributed by atoms with Gasteiger partial charge >= 0.3 is 0 Å². The summed E-state index contributed by atoms with van der Waals surface area (Å²) in [5.41, 5.74) is 2.38. The highest BCUT2D eigenvalue weighted by Gasteiger charge is 2.20. The van der Waals surface area contributed by atoms with Gasteiger partial charge in [0.1, 0.15) is 16.8 Å². The monoisotopic (exact) mass is 444 g/mol. The Morgan fingerprint density at radius 2 is 2.18 bits per heavy atom. The molecule has 0 radical (unpaired) electrons. The van der Waals surface area contributed by atoms with E-state index in [1.807, 2.05) is 25.1 Å². The lowest BCUT2D eigenvalue weighted by atomic mass is 10.1. The lowest BCUT2D eigenvalue weighted by Crippen LogP contribution is -2.38. The Morgan fingerprint density at radius 1 is 1.30 bits per heavy atom. The van der Waals surface area contributed by atoms with Crippen LogP contribution >= 0.6 is 0 Å². The molecule has 0 unspecified atom stereocenters. The van der Waals surface area contributed by atoms with Gasteiger partial charge in [0.05, 0.1) is 23.6 Å². The Bertz CT molecular complexity index is 1470. The van der Waals surface area contributed by atoms with Crippen molar-refractivity contribution in [2.75, 3.05) is 13.2 Å². The quantitative estimate of drug-likeness (QED) is 0.456. The molecule has 9 heteroatoms. The molecule has 0 aromatic carbocycles. The molecule has 4 aromatic heterocycles. The number of hydrogen-bond acceptors (Lipinski definition) is 6. The predicted octanol–water partition coefficient (Wildman–Crippen LogP) is 1.79. The lowest BCUT2D eigenvalue weighted by molar-refractivity contribution is 0.0856. The Hall–Kier alpha value is -3.85. The topological polar surface area (TPSA) is 114 Å². The highest BCUT2D eigenvalue weighted by Crippen LogP contribution is 2.15. The van der Waals surface area contributed by atoms with Crippen LogP contribution in [0.4, 0.5) is 0 Å². The summed E-state index contributed by atoms with van der Waals surface area (Å²) in [4.78, 5) is 35.3. The smallest absolute Gasteiger partial charge is 0.267 e. The summed E-state index contributed by atoms with van der Waals surface area (Å²) in [6.07, 6.45) is 6.87. The van der Waals surface area contributed by atoms with E-state index < -0.39 is 5.91 Å². The van der Waals surface area contributed by atoms with E-state index in [4.69, 9.17) is 15.1 Å². The zero-order valence-electron chi connectivity index (χ0n) is 18.2. The van der Waals surface area contributed by atoms with Crippen molar-refractivity contribution in [2.45, 2.75) is 32.4 Å². The fourth-order valence-corrected chi connectivity index (χ4v) is 4.20. The first-order chi connectivity index (χ1) is 16.0. The number of nitrogens with one attached hydrogen (secondary N) is 2. The van der Waals surface area contributed by atoms with Gasteiger partial charge in [-0.15, -0.1) is 0 Å². The second kappa shape index (κ2) is 8.59. The first kappa shape index (κ1) is 21.0. The molecular formula is C24H24N6O3. The summed E-state index contributed by atoms with van der Waals surface area (Å²) < 4.78 is 8.66. The molecule has 4 aromatic rings. The van der Waals surface area contributed by atoms with Crippen molar-refractivity contribution < 1.29 is 9.53 Å². The van der Waals surface area contributed by atoms with Gasteiger partial charge in [0.2, 0.25) is 0 Å².